The minimum Gasteiger partial charge on any atom is -0.258 e. The van der Waals surface area contributed by atoms with Crippen molar-refractivity contribution in [2.24, 2.45) is 0 Å². The normalized spacial score (nSPS) is 10.7. The molecule has 0 N–H and O–H groups in total. The third kappa shape index (κ3) is 3.02. The molecule has 0 atom stereocenters. The number of rotatable bonds is 4. The zero-order valence-corrected chi connectivity index (χ0v) is 10.4. The van der Waals surface area contributed by atoms with E-state index in [1.54, 1.807) is 12.2 Å². The van der Waals surface area contributed by atoms with Crippen LogP contribution in [0, 0.1) is 20.2 Å². The molecule has 0 unspecified atom stereocenters. The Morgan fingerprint density at radius 3 is 2.42 bits per heavy atom. The lowest BCUT2D eigenvalue weighted by Crippen LogP contribution is -1.94. The fourth-order valence-corrected chi connectivity index (χ4v) is 2.12. The van der Waals surface area contributed by atoms with Crippen molar-refractivity contribution in [2.45, 2.75) is 0 Å². The number of nitrogens with zero attached hydrogens (tertiary/aromatic N) is 2. The van der Waals surface area contributed by atoms with Crippen molar-refractivity contribution in [1.82, 2.24) is 0 Å². The molecule has 6 nitrogen and oxygen atoms in total. The molecule has 0 aliphatic heterocycles. The summed E-state index contributed by atoms with van der Waals surface area (Å²) in [6.07, 6.45) is 3.31. The van der Waals surface area contributed by atoms with Crippen LogP contribution in [0.5, 0.6) is 0 Å². The van der Waals surface area contributed by atoms with Crippen molar-refractivity contribution in [1.29, 1.82) is 0 Å². The molecule has 0 aliphatic rings. The van der Waals surface area contributed by atoms with Gasteiger partial charge in [0, 0.05) is 10.9 Å². The van der Waals surface area contributed by atoms with E-state index in [0.29, 0.717) is 5.56 Å². The average Bonchev–Trinajstić information content (AvgIpc) is 2.89. The van der Waals surface area contributed by atoms with Crippen molar-refractivity contribution in [3.8, 4) is 0 Å². The molecule has 2 aromatic rings. The van der Waals surface area contributed by atoms with Gasteiger partial charge in [-0.05, 0) is 29.7 Å². The van der Waals surface area contributed by atoms with Gasteiger partial charge in [-0.15, -0.1) is 11.3 Å². The lowest BCUT2D eigenvalue weighted by molar-refractivity contribution is -0.394. The summed E-state index contributed by atoms with van der Waals surface area (Å²) in [4.78, 5) is 21.2. The topological polar surface area (TPSA) is 86.3 Å². The molecular formula is C12H8N2O4S. The van der Waals surface area contributed by atoms with E-state index in [9.17, 15) is 20.2 Å². The van der Waals surface area contributed by atoms with Crippen molar-refractivity contribution in [3.63, 3.8) is 0 Å². The summed E-state index contributed by atoms with van der Waals surface area (Å²) in [5.74, 6) is 0. The fourth-order valence-electron chi connectivity index (χ4n) is 1.50. The molecule has 0 aliphatic carbocycles. The van der Waals surface area contributed by atoms with Crippen molar-refractivity contribution >= 4 is 34.9 Å². The molecule has 96 valence electrons. The Bertz CT molecular complexity index is 650. The second kappa shape index (κ2) is 5.40. The number of nitro groups is 2. The number of hydrogen-bond donors (Lipinski definition) is 0. The standard InChI is InChI=1S/C12H8N2O4S/c15-13(16)10-5-3-9(12(8-10)14(17)18)4-6-11-2-1-7-19-11/h1-8H. The summed E-state index contributed by atoms with van der Waals surface area (Å²) >= 11 is 1.50. The predicted molar refractivity (Wildman–Crippen MR) is 73.0 cm³/mol. The highest BCUT2D eigenvalue weighted by Gasteiger charge is 2.17. The molecule has 0 bridgehead atoms. The molecule has 1 heterocycles. The van der Waals surface area contributed by atoms with Crippen LogP contribution in [0.3, 0.4) is 0 Å². The lowest BCUT2D eigenvalue weighted by Gasteiger charge is -1.97. The number of thiophene rings is 1. The first kappa shape index (κ1) is 12.9. The zero-order chi connectivity index (χ0) is 13.8. The van der Waals surface area contributed by atoms with Gasteiger partial charge in [-0.1, -0.05) is 6.07 Å². The quantitative estimate of drug-likeness (QED) is 0.628. The third-order valence-corrected chi connectivity index (χ3v) is 3.23. The fraction of sp³-hybridized carbons (Fsp3) is 0. The minimum atomic E-state index is -0.653. The van der Waals surface area contributed by atoms with Crippen molar-refractivity contribution in [3.05, 3.63) is 66.4 Å². The first-order valence-corrected chi connectivity index (χ1v) is 6.10. The first-order valence-electron chi connectivity index (χ1n) is 5.22. The monoisotopic (exact) mass is 276 g/mol. The molecule has 0 saturated carbocycles. The minimum absolute atomic E-state index is 0.276. The SMILES string of the molecule is O=[N+]([O-])c1ccc(C=Cc2cccs2)c([N+](=O)[O-])c1. The maximum Gasteiger partial charge on any atom is 0.283 e. The molecule has 1 aromatic carbocycles. The van der Waals surface area contributed by atoms with Crippen molar-refractivity contribution in [2.75, 3.05) is 0 Å². The Morgan fingerprint density at radius 1 is 1.05 bits per heavy atom. The lowest BCUT2D eigenvalue weighted by atomic mass is 10.1. The van der Waals surface area contributed by atoms with Gasteiger partial charge in [0.15, 0.2) is 0 Å². The molecular weight excluding hydrogens is 268 g/mol. The molecule has 0 radical (unpaired) electrons. The number of benzene rings is 1. The molecule has 2 rings (SSSR count). The molecule has 0 saturated heterocycles. The van der Waals surface area contributed by atoms with Crippen LogP contribution in [0.1, 0.15) is 10.4 Å². The average molecular weight is 276 g/mol. The van der Waals surface area contributed by atoms with Crippen LogP contribution in [0.4, 0.5) is 11.4 Å². The van der Waals surface area contributed by atoms with Gasteiger partial charge < -0.3 is 0 Å². The van der Waals surface area contributed by atoms with Gasteiger partial charge in [-0.2, -0.15) is 0 Å². The first-order chi connectivity index (χ1) is 9.08. The predicted octanol–water partition coefficient (Wildman–Crippen LogP) is 3.73. The Kier molecular flexibility index (Phi) is 3.67. The highest BCUT2D eigenvalue weighted by molar-refractivity contribution is 7.10. The van der Waals surface area contributed by atoms with Gasteiger partial charge >= 0.3 is 0 Å². The third-order valence-electron chi connectivity index (χ3n) is 2.39. The van der Waals surface area contributed by atoms with E-state index in [4.69, 9.17) is 0 Å². The Hall–Kier alpha value is -2.54. The Labute approximate surface area is 111 Å². The smallest absolute Gasteiger partial charge is 0.258 e. The molecule has 19 heavy (non-hydrogen) atoms. The van der Waals surface area contributed by atoms with E-state index in [0.717, 1.165) is 10.9 Å². The van der Waals surface area contributed by atoms with E-state index < -0.39 is 9.85 Å². The second-order valence-electron chi connectivity index (χ2n) is 3.61. The van der Waals surface area contributed by atoms with Crippen LogP contribution in [0.15, 0.2) is 35.7 Å². The highest BCUT2D eigenvalue weighted by Crippen LogP contribution is 2.26. The summed E-state index contributed by atoms with van der Waals surface area (Å²) in [6.45, 7) is 0. The molecule has 0 spiro atoms. The second-order valence-corrected chi connectivity index (χ2v) is 4.59. The molecule has 0 fully saturated rings. The molecule has 0 amide bonds. The van der Waals surface area contributed by atoms with Gasteiger partial charge in [-0.25, -0.2) is 0 Å². The van der Waals surface area contributed by atoms with E-state index >= 15 is 0 Å². The number of nitro benzene ring substituents is 2. The van der Waals surface area contributed by atoms with Gasteiger partial charge in [-0.3, -0.25) is 20.2 Å². The van der Waals surface area contributed by atoms with Gasteiger partial charge in [0.2, 0.25) is 0 Å². The van der Waals surface area contributed by atoms with Crippen LogP contribution in [0.25, 0.3) is 12.2 Å². The zero-order valence-electron chi connectivity index (χ0n) is 9.55. The highest BCUT2D eigenvalue weighted by atomic mass is 32.1. The van der Waals surface area contributed by atoms with Crippen LogP contribution in [-0.4, -0.2) is 9.85 Å². The summed E-state index contributed by atoms with van der Waals surface area (Å²) in [5, 5.41) is 23.4. The summed E-state index contributed by atoms with van der Waals surface area (Å²) in [6, 6.07) is 7.34. The van der Waals surface area contributed by atoms with Gasteiger partial charge in [0.05, 0.1) is 21.5 Å². The summed E-state index contributed by atoms with van der Waals surface area (Å²) in [5.41, 5.74) is -0.231. The molecule has 7 heteroatoms. The van der Waals surface area contributed by atoms with E-state index in [1.165, 1.54) is 23.5 Å². The van der Waals surface area contributed by atoms with Gasteiger partial charge in [0.25, 0.3) is 11.4 Å². The Balaban J connectivity index is 2.40. The van der Waals surface area contributed by atoms with Crippen LogP contribution in [0.2, 0.25) is 0 Å². The van der Waals surface area contributed by atoms with Crippen LogP contribution >= 0.6 is 11.3 Å². The Morgan fingerprint density at radius 2 is 1.84 bits per heavy atom. The summed E-state index contributed by atoms with van der Waals surface area (Å²) < 4.78 is 0. The van der Waals surface area contributed by atoms with Crippen LogP contribution in [-0.2, 0) is 0 Å². The van der Waals surface area contributed by atoms with E-state index in [1.807, 2.05) is 17.5 Å². The molecule has 1 aromatic heterocycles. The van der Waals surface area contributed by atoms with Crippen LogP contribution < -0.4 is 0 Å². The maximum atomic E-state index is 10.9. The number of hydrogen-bond acceptors (Lipinski definition) is 5. The summed E-state index contributed by atoms with van der Waals surface area (Å²) in [7, 11) is 0. The maximum absolute atomic E-state index is 10.9. The van der Waals surface area contributed by atoms with E-state index in [2.05, 4.69) is 0 Å². The largest absolute Gasteiger partial charge is 0.283 e. The van der Waals surface area contributed by atoms with Gasteiger partial charge in [0.1, 0.15) is 0 Å². The van der Waals surface area contributed by atoms with Crippen molar-refractivity contribution < 1.29 is 9.85 Å². The van der Waals surface area contributed by atoms with E-state index in [-0.39, 0.29) is 11.4 Å². The number of non-ortho nitro benzene ring substituents is 1.